The van der Waals surface area contributed by atoms with Gasteiger partial charge in [0.25, 0.3) is 0 Å². The predicted octanol–water partition coefficient (Wildman–Crippen LogP) is -2.54. The number of carbonyl (C=O) groups excluding carboxylic acids is 1. The van der Waals surface area contributed by atoms with E-state index in [0.29, 0.717) is 0 Å². The van der Waals surface area contributed by atoms with Gasteiger partial charge < -0.3 is 39.4 Å². The predicted molar refractivity (Wildman–Crippen MR) is 95.6 cm³/mol. The Kier molecular flexibility index (Phi) is 6.78. The summed E-state index contributed by atoms with van der Waals surface area (Å²) in [6.45, 7) is -1.16. The van der Waals surface area contributed by atoms with E-state index in [1.807, 2.05) is 0 Å². The minimum atomic E-state index is -5.71. The lowest BCUT2D eigenvalue weighted by Gasteiger charge is -2.27. The number of phosphoric acid groups is 3. The lowest BCUT2D eigenvalue weighted by atomic mass is 10.1. The second-order valence-corrected chi connectivity index (χ2v) is 10.5. The van der Waals surface area contributed by atoms with Crippen molar-refractivity contribution in [3.63, 3.8) is 0 Å². The number of carbonyl (C=O) groups is 1. The van der Waals surface area contributed by atoms with Crippen LogP contribution in [0.5, 0.6) is 0 Å². The summed E-state index contributed by atoms with van der Waals surface area (Å²) < 4.78 is 50.6. The molecular formula is C10H15N4O14P3. The van der Waals surface area contributed by atoms with Crippen LogP contribution in [0, 0.1) is 0 Å². The third-order valence-corrected chi connectivity index (χ3v) is 7.69. The molecule has 3 unspecified atom stereocenters. The molecule has 1 fully saturated rings. The maximum atomic E-state index is 11.8. The Morgan fingerprint density at radius 2 is 1.77 bits per heavy atom. The van der Waals surface area contributed by atoms with E-state index in [-0.39, 0.29) is 18.2 Å². The molecule has 0 saturated carbocycles. The van der Waals surface area contributed by atoms with Crippen molar-refractivity contribution in [2.75, 3.05) is 13.3 Å². The zero-order chi connectivity index (χ0) is 23.2. The van der Waals surface area contributed by atoms with Gasteiger partial charge in [0.2, 0.25) is 0 Å². The van der Waals surface area contributed by atoms with E-state index in [2.05, 4.69) is 28.1 Å². The summed E-state index contributed by atoms with van der Waals surface area (Å²) in [4.78, 5) is 59.6. The molecule has 0 aromatic carbocycles. The molecule has 3 aliphatic rings. The first kappa shape index (κ1) is 24.4. The fourth-order valence-corrected chi connectivity index (χ4v) is 5.74. The van der Waals surface area contributed by atoms with Crippen LogP contribution < -0.4 is 0 Å². The Labute approximate surface area is 171 Å². The first-order valence-corrected chi connectivity index (χ1v) is 12.5. The molecule has 0 radical (unpaired) electrons. The van der Waals surface area contributed by atoms with Crippen LogP contribution in [0.25, 0.3) is 0 Å². The van der Waals surface area contributed by atoms with Crippen LogP contribution in [0.3, 0.4) is 0 Å². The van der Waals surface area contributed by atoms with Crippen LogP contribution in [0.15, 0.2) is 15.0 Å². The summed E-state index contributed by atoms with van der Waals surface area (Å²) in [5.41, 5.74) is -0.0931. The van der Waals surface area contributed by atoms with Crippen LogP contribution in [-0.4, -0.2) is 96.3 Å². The normalized spacial score (nSPS) is 32.3. The molecule has 0 aromatic rings. The van der Waals surface area contributed by atoms with Gasteiger partial charge in [-0.25, -0.2) is 18.7 Å². The van der Waals surface area contributed by atoms with E-state index < -0.39 is 60.5 Å². The van der Waals surface area contributed by atoms with Crippen molar-refractivity contribution in [2.45, 2.75) is 24.5 Å². The van der Waals surface area contributed by atoms with Gasteiger partial charge >= 0.3 is 29.4 Å². The maximum Gasteiger partial charge on any atom is 0.490 e. The standard InChI is InChI=1S/C10H15N4O14P3/c15-6-4(1-25-30(21,22)28-31(23,24)27-29(18,19)20)26-10(7(6)16)14-3-13-5-8(14)11-2-12-9(5)17/h2,4,6-7,10,15-16H,1,3H2,(H,21,22)(H,23,24)(H2,18,19,20)/t4-,6-,7-,10?/m1/s1. The minimum absolute atomic E-state index is 0.0183. The summed E-state index contributed by atoms with van der Waals surface area (Å²) in [7, 11) is -16.7. The monoisotopic (exact) mass is 508 g/mol. The minimum Gasteiger partial charge on any atom is -0.387 e. The lowest BCUT2D eigenvalue weighted by Crippen LogP contribution is -2.48. The molecule has 0 bridgehead atoms. The highest BCUT2D eigenvalue weighted by Gasteiger charge is 2.50. The number of fused-ring (bicyclic) bond motifs is 1. The highest BCUT2D eigenvalue weighted by molar-refractivity contribution is 7.66. The molecule has 3 heterocycles. The van der Waals surface area contributed by atoms with Crippen LogP contribution >= 0.6 is 23.5 Å². The number of amidine groups is 1. The second-order valence-electron chi connectivity index (χ2n) is 6.05. The van der Waals surface area contributed by atoms with Gasteiger partial charge in [0.1, 0.15) is 31.3 Å². The number of hydrogen-bond donors (Lipinski definition) is 6. The third-order valence-electron chi connectivity index (χ3n) is 3.88. The topological polar surface area (TPSA) is 267 Å². The third kappa shape index (κ3) is 5.77. The van der Waals surface area contributed by atoms with Crippen LogP contribution in [0.4, 0.5) is 0 Å². The average molecular weight is 508 g/mol. The first-order valence-electron chi connectivity index (χ1n) is 7.95. The van der Waals surface area contributed by atoms with Gasteiger partial charge in [0.15, 0.2) is 17.8 Å². The fourth-order valence-electron chi connectivity index (χ4n) is 2.71. The van der Waals surface area contributed by atoms with Gasteiger partial charge in [0.05, 0.1) is 6.61 Å². The SMILES string of the molecule is O=C1N=CN=C2C1=NCN2C1O[C@H](COP(=O)(O)OP(=O)(O)OP(=O)(O)O)[C@@H](O)[C@H]1O. The number of aliphatic hydroxyl groups excluding tert-OH is 2. The smallest absolute Gasteiger partial charge is 0.387 e. The fraction of sp³-hybridized carbons (Fsp3) is 0.600. The van der Waals surface area contributed by atoms with E-state index in [1.165, 1.54) is 4.90 Å². The Morgan fingerprint density at radius 3 is 2.42 bits per heavy atom. The summed E-state index contributed by atoms with van der Waals surface area (Å²) >= 11 is 0. The Balaban J connectivity index is 1.62. The second kappa shape index (κ2) is 8.61. The number of aliphatic imine (C=N–C) groups is 3. The zero-order valence-electron chi connectivity index (χ0n) is 14.9. The van der Waals surface area contributed by atoms with Crippen molar-refractivity contribution < 1.29 is 66.2 Å². The van der Waals surface area contributed by atoms with Crippen molar-refractivity contribution in [3.8, 4) is 0 Å². The van der Waals surface area contributed by atoms with E-state index in [0.717, 1.165) is 6.34 Å². The van der Waals surface area contributed by atoms with Crippen LogP contribution in [0.1, 0.15) is 0 Å². The summed E-state index contributed by atoms with van der Waals surface area (Å²) in [6.07, 6.45) is -5.17. The van der Waals surface area contributed by atoms with Gasteiger partial charge in [-0.2, -0.15) is 13.6 Å². The first-order chi connectivity index (χ1) is 14.2. The maximum absolute atomic E-state index is 11.8. The Morgan fingerprint density at radius 1 is 1.10 bits per heavy atom. The molecule has 1 saturated heterocycles. The van der Waals surface area contributed by atoms with Crippen LogP contribution in [0.2, 0.25) is 0 Å². The van der Waals surface area contributed by atoms with E-state index in [1.54, 1.807) is 0 Å². The average Bonchev–Trinajstić information content (AvgIpc) is 3.13. The number of phosphoric ester groups is 1. The zero-order valence-corrected chi connectivity index (χ0v) is 17.6. The van der Waals surface area contributed by atoms with Gasteiger partial charge in [-0.3, -0.25) is 14.3 Å². The van der Waals surface area contributed by atoms with Crippen molar-refractivity contribution in [2.24, 2.45) is 15.0 Å². The molecule has 6 atom stereocenters. The van der Waals surface area contributed by atoms with Gasteiger partial charge in [-0.1, -0.05) is 0 Å². The molecule has 0 spiro atoms. The van der Waals surface area contributed by atoms with Gasteiger partial charge in [-0.05, 0) is 0 Å². The van der Waals surface area contributed by atoms with Gasteiger partial charge in [0, 0.05) is 0 Å². The van der Waals surface area contributed by atoms with Crippen molar-refractivity contribution in [1.29, 1.82) is 0 Å². The number of ether oxygens (including phenoxy) is 1. The molecule has 31 heavy (non-hydrogen) atoms. The van der Waals surface area contributed by atoms with Crippen molar-refractivity contribution in [1.82, 2.24) is 4.90 Å². The van der Waals surface area contributed by atoms with E-state index in [4.69, 9.17) is 19.4 Å². The van der Waals surface area contributed by atoms with Gasteiger partial charge in [-0.15, -0.1) is 0 Å². The lowest BCUT2D eigenvalue weighted by molar-refractivity contribution is -0.111. The highest BCUT2D eigenvalue weighted by atomic mass is 31.3. The molecule has 21 heteroatoms. The summed E-state index contributed by atoms with van der Waals surface area (Å²) in [5, 5.41) is 20.4. The molecular weight excluding hydrogens is 493 g/mol. The van der Waals surface area contributed by atoms with Crippen molar-refractivity contribution >= 4 is 47.3 Å². The molecule has 0 aliphatic carbocycles. The Bertz CT molecular complexity index is 991. The van der Waals surface area contributed by atoms with Crippen LogP contribution in [-0.2, 0) is 36.4 Å². The van der Waals surface area contributed by atoms with E-state index in [9.17, 15) is 33.6 Å². The summed E-state index contributed by atoms with van der Waals surface area (Å²) in [5.74, 6) is -0.658. The number of rotatable bonds is 8. The molecule has 3 rings (SSSR count). The Hall–Kier alpha value is -1.23. The number of hydrogen-bond acceptors (Lipinski definition) is 13. The number of aliphatic hydroxyl groups is 2. The number of nitrogens with zero attached hydrogens (tertiary/aromatic N) is 4. The quantitative estimate of drug-likeness (QED) is 0.184. The largest absolute Gasteiger partial charge is 0.490 e. The summed E-state index contributed by atoms with van der Waals surface area (Å²) in [6, 6.07) is 0. The van der Waals surface area contributed by atoms with E-state index >= 15 is 0 Å². The molecule has 1 amide bonds. The molecule has 6 N–H and O–H groups in total. The molecule has 3 aliphatic heterocycles. The molecule has 0 aromatic heterocycles. The number of amides is 1. The highest BCUT2D eigenvalue weighted by Crippen LogP contribution is 2.66. The van der Waals surface area contributed by atoms with Crippen molar-refractivity contribution in [3.05, 3.63) is 0 Å². The molecule has 18 nitrogen and oxygen atoms in total. The molecule has 174 valence electrons.